The molecule has 1 saturated carbocycles. The maximum Gasteiger partial charge on any atom is 0.303 e. The number of esters is 1. The van der Waals surface area contributed by atoms with Crippen LogP contribution in [0.1, 0.15) is 67.7 Å². The first-order chi connectivity index (χ1) is 14.7. The quantitative estimate of drug-likeness (QED) is 0.424. The van der Waals surface area contributed by atoms with Gasteiger partial charge in [-0.25, -0.2) is 0 Å². The number of piperidine rings is 1. The van der Waals surface area contributed by atoms with Gasteiger partial charge in [-0.15, -0.1) is 5.92 Å². The molecule has 1 aliphatic carbocycles. The normalized spacial score (nSPS) is 18.5. The van der Waals surface area contributed by atoms with Gasteiger partial charge in [-0.05, 0) is 67.9 Å². The van der Waals surface area contributed by atoms with Gasteiger partial charge in [0, 0.05) is 38.4 Å². The summed E-state index contributed by atoms with van der Waals surface area (Å²) in [6, 6.07) is 3.88. The lowest BCUT2D eigenvalue weighted by Gasteiger charge is -2.44. The van der Waals surface area contributed by atoms with Crippen LogP contribution in [0.5, 0.6) is 0 Å². The van der Waals surface area contributed by atoms with E-state index in [0.29, 0.717) is 38.8 Å². The molecule has 0 unspecified atom stereocenters. The van der Waals surface area contributed by atoms with Crippen molar-refractivity contribution in [2.75, 3.05) is 19.7 Å². The average Bonchev–Trinajstić information content (AvgIpc) is 2.68. The minimum absolute atomic E-state index is 0.0311. The van der Waals surface area contributed by atoms with Crippen molar-refractivity contribution in [1.82, 2.24) is 4.90 Å². The Balaban J connectivity index is 1.72. The van der Waals surface area contributed by atoms with Crippen molar-refractivity contribution in [3.05, 3.63) is 34.4 Å². The number of carbonyl (C=O) groups is 4. The van der Waals surface area contributed by atoms with E-state index in [1.54, 1.807) is 11.8 Å². The van der Waals surface area contributed by atoms with Crippen LogP contribution in [0.3, 0.4) is 0 Å². The van der Waals surface area contributed by atoms with Crippen molar-refractivity contribution in [3.8, 4) is 11.8 Å². The van der Waals surface area contributed by atoms with Gasteiger partial charge in [-0.3, -0.25) is 19.2 Å². The molecule has 6 nitrogen and oxygen atoms in total. The van der Waals surface area contributed by atoms with Crippen LogP contribution in [-0.4, -0.2) is 48.0 Å². The van der Waals surface area contributed by atoms with E-state index in [1.807, 2.05) is 26.0 Å². The summed E-state index contributed by atoms with van der Waals surface area (Å²) in [7, 11) is 0. The topological polar surface area (TPSA) is 80.8 Å². The Hall–Kier alpha value is -2.94. The third-order valence-electron chi connectivity index (χ3n) is 6.47. The summed E-state index contributed by atoms with van der Waals surface area (Å²) in [5.41, 5.74) is 3.18. The van der Waals surface area contributed by atoms with Crippen LogP contribution in [0.15, 0.2) is 12.1 Å². The second-order valence-electron chi connectivity index (χ2n) is 8.78. The fraction of sp³-hybridized carbons (Fsp3) is 0.520. The number of amides is 1. The van der Waals surface area contributed by atoms with E-state index in [4.69, 9.17) is 4.74 Å². The smallest absolute Gasteiger partial charge is 0.303 e. The molecule has 31 heavy (non-hydrogen) atoms. The van der Waals surface area contributed by atoms with Crippen molar-refractivity contribution in [2.45, 2.75) is 59.3 Å². The van der Waals surface area contributed by atoms with Gasteiger partial charge in [0.2, 0.25) is 0 Å². The number of aryl methyl sites for hydroxylation is 2. The summed E-state index contributed by atoms with van der Waals surface area (Å²) in [5, 5.41) is 0. The summed E-state index contributed by atoms with van der Waals surface area (Å²) >= 11 is 0. The predicted octanol–water partition coefficient (Wildman–Crippen LogP) is 2.86. The van der Waals surface area contributed by atoms with E-state index in [0.717, 1.165) is 22.3 Å². The zero-order valence-electron chi connectivity index (χ0n) is 18.7. The van der Waals surface area contributed by atoms with E-state index in [9.17, 15) is 19.2 Å². The number of hydrogen-bond acceptors (Lipinski definition) is 5. The number of hydrogen-bond donors (Lipinski definition) is 0. The highest BCUT2D eigenvalue weighted by Gasteiger charge is 2.47. The summed E-state index contributed by atoms with van der Waals surface area (Å²) in [5.74, 6) is 4.42. The van der Waals surface area contributed by atoms with Crippen LogP contribution in [-0.2, 0) is 23.9 Å². The summed E-state index contributed by atoms with van der Waals surface area (Å²) in [6.07, 6.45) is 1.91. The Kier molecular flexibility index (Phi) is 6.64. The molecule has 2 aliphatic rings. The predicted molar refractivity (Wildman–Crippen MR) is 115 cm³/mol. The van der Waals surface area contributed by atoms with Gasteiger partial charge in [0.25, 0.3) is 5.91 Å². The Morgan fingerprint density at radius 3 is 2.13 bits per heavy atom. The Morgan fingerprint density at radius 2 is 1.65 bits per heavy atom. The second kappa shape index (κ2) is 9.05. The number of rotatable bonds is 3. The molecule has 164 valence electrons. The molecule has 2 fully saturated rings. The van der Waals surface area contributed by atoms with Crippen molar-refractivity contribution in [3.63, 3.8) is 0 Å². The van der Waals surface area contributed by atoms with Gasteiger partial charge in [-0.1, -0.05) is 5.92 Å². The maximum atomic E-state index is 13.2. The summed E-state index contributed by atoms with van der Waals surface area (Å²) in [4.78, 5) is 51.2. The minimum Gasteiger partial charge on any atom is -0.456 e. The van der Waals surface area contributed by atoms with Crippen LogP contribution in [0.2, 0.25) is 0 Å². The molecule has 6 heteroatoms. The van der Waals surface area contributed by atoms with Gasteiger partial charge in [0.05, 0.1) is 0 Å². The molecule has 1 aliphatic heterocycles. The SMILES string of the molecule is CC#Cc1cc(C)c(C2C(=O)CC3(CCN(C(=O)COC(C)=O)CC3)CC2=O)c(C)c1. The lowest BCUT2D eigenvalue weighted by Crippen LogP contribution is -2.49. The molecular formula is C25H29NO5. The molecule has 0 bridgehead atoms. The average molecular weight is 424 g/mol. The van der Waals surface area contributed by atoms with Crippen LogP contribution in [0, 0.1) is 31.1 Å². The third kappa shape index (κ3) is 4.87. The number of Topliss-reactive ketones (excluding diaryl/α,β-unsaturated/α-hetero) is 2. The van der Waals surface area contributed by atoms with Crippen molar-refractivity contribution in [2.24, 2.45) is 5.41 Å². The highest BCUT2D eigenvalue weighted by atomic mass is 16.5. The van der Waals surface area contributed by atoms with Gasteiger partial charge in [-0.2, -0.15) is 0 Å². The van der Waals surface area contributed by atoms with E-state index < -0.39 is 11.9 Å². The maximum absolute atomic E-state index is 13.2. The summed E-state index contributed by atoms with van der Waals surface area (Å²) in [6.45, 7) is 7.58. The van der Waals surface area contributed by atoms with E-state index in [-0.39, 0.29) is 29.5 Å². The van der Waals surface area contributed by atoms with Gasteiger partial charge in [0.1, 0.15) is 17.5 Å². The van der Waals surface area contributed by atoms with E-state index >= 15 is 0 Å². The molecule has 0 atom stereocenters. The third-order valence-corrected chi connectivity index (χ3v) is 6.47. The molecule has 0 aromatic heterocycles. The first-order valence-electron chi connectivity index (χ1n) is 10.7. The van der Waals surface area contributed by atoms with Crippen LogP contribution < -0.4 is 0 Å². The Morgan fingerprint density at radius 1 is 1.10 bits per heavy atom. The molecule has 1 heterocycles. The molecule has 0 N–H and O–H groups in total. The zero-order chi connectivity index (χ0) is 22.8. The monoisotopic (exact) mass is 423 g/mol. The fourth-order valence-corrected chi connectivity index (χ4v) is 4.99. The highest BCUT2D eigenvalue weighted by Crippen LogP contribution is 2.46. The standard InChI is InChI=1S/C25H29NO5/c1-5-6-19-11-16(2)23(17(3)12-19)24-20(28)13-25(14-21(24)29)7-9-26(10-8-25)22(30)15-31-18(4)27/h11-12,24H,7-10,13-15H2,1-4H3. The number of ketones is 2. The molecule has 1 saturated heterocycles. The molecule has 1 amide bonds. The number of ether oxygens (including phenoxy) is 1. The van der Waals surface area contributed by atoms with Crippen LogP contribution in [0.4, 0.5) is 0 Å². The van der Waals surface area contributed by atoms with Crippen LogP contribution >= 0.6 is 0 Å². The zero-order valence-corrected chi connectivity index (χ0v) is 18.7. The van der Waals surface area contributed by atoms with Gasteiger partial charge >= 0.3 is 5.97 Å². The van der Waals surface area contributed by atoms with E-state index in [2.05, 4.69) is 11.8 Å². The Labute approximate surface area is 183 Å². The van der Waals surface area contributed by atoms with Crippen LogP contribution in [0.25, 0.3) is 0 Å². The molecule has 0 radical (unpaired) electrons. The van der Waals surface area contributed by atoms with Gasteiger partial charge in [0.15, 0.2) is 6.61 Å². The first-order valence-corrected chi connectivity index (χ1v) is 10.7. The minimum atomic E-state index is -0.710. The molecule has 1 aromatic carbocycles. The lowest BCUT2D eigenvalue weighted by atomic mass is 9.62. The lowest BCUT2D eigenvalue weighted by molar-refractivity contribution is -0.152. The second-order valence-corrected chi connectivity index (χ2v) is 8.78. The first kappa shape index (κ1) is 22.7. The fourth-order valence-electron chi connectivity index (χ4n) is 4.99. The van der Waals surface area contributed by atoms with E-state index in [1.165, 1.54) is 6.92 Å². The largest absolute Gasteiger partial charge is 0.456 e. The van der Waals surface area contributed by atoms with Gasteiger partial charge < -0.3 is 9.64 Å². The van der Waals surface area contributed by atoms with Crippen molar-refractivity contribution >= 4 is 23.4 Å². The summed E-state index contributed by atoms with van der Waals surface area (Å²) < 4.78 is 4.79. The molecular weight excluding hydrogens is 394 g/mol. The molecule has 1 aromatic rings. The molecule has 1 spiro atoms. The number of likely N-dealkylation sites (tertiary alicyclic amines) is 1. The number of benzene rings is 1. The van der Waals surface area contributed by atoms with Crippen molar-refractivity contribution in [1.29, 1.82) is 0 Å². The number of carbonyl (C=O) groups excluding carboxylic acids is 4. The molecule has 3 rings (SSSR count). The highest BCUT2D eigenvalue weighted by molar-refractivity contribution is 6.10. The Bertz CT molecular complexity index is 946. The number of nitrogens with zero attached hydrogens (tertiary/aromatic N) is 1. The van der Waals surface area contributed by atoms with Crippen molar-refractivity contribution < 1.29 is 23.9 Å².